The third-order valence-electron chi connectivity index (χ3n) is 2.86. The minimum atomic E-state index is -0.694. The predicted molar refractivity (Wildman–Crippen MR) is 72.8 cm³/mol. The molecule has 0 aromatic heterocycles. The first-order valence-corrected chi connectivity index (χ1v) is 6.34. The highest BCUT2D eigenvalue weighted by Crippen LogP contribution is 2.29. The van der Waals surface area contributed by atoms with Crippen LogP contribution < -0.4 is 0 Å². The van der Waals surface area contributed by atoms with Crippen molar-refractivity contribution in [3.63, 3.8) is 0 Å². The second-order valence-corrected chi connectivity index (χ2v) is 5.40. The Bertz CT molecular complexity index is 322. The maximum absolute atomic E-state index is 9.92. The van der Waals surface area contributed by atoms with Crippen molar-refractivity contribution >= 4 is 17.3 Å². The summed E-state index contributed by atoms with van der Waals surface area (Å²) in [4.78, 5) is 1.96. The van der Waals surface area contributed by atoms with Crippen molar-refractivity contribution < 1.29 is 5.11 Å². The molecule has 1 N–H and O–H groups in total. The van der Waals surface area contributed by atoms with E-state index in [2.05, 4.69) is 23.7 Å². The second kappa shape index (κ2) is 5.69. The van der Waals surface area contributed by atoms with Gasteiger partial charge in [0.05, 0.1) is 5.60 Å². The van der Waals surface area contributed by atoms with Gasteiger partial charge in [0.2, 0.25) is 5.11 Å². The number of hydrogen-bond donors (Lipinski definition) is 1. The monoisotopic (exact) mass is 255 g/mol. The van der Waals surface area contributed by atoms with Gasteiger partial charge in [0.25, 0.3) is 0 Å². The molecule has 1 heterocycles. The smallest absolute Gasteiger partial charge is 0.218 e. The van der Waals surface area contributed by atoms with Crippen molar-refractivity contribution in [2.75, 3.05) is 6.54 Å². The molecule has 96 valence electrons. The highest BCUT2D eigenvalue weighted by Gasteiger charge is 2.34. The lowest BCUT2D eigenvalue weighted by atomic mass is 9.89. The van der Waals surface area contributed by atoms with Crippen LogP contribution in [0.1, 0.15) is 33.6 Å². The van der Waals surface area contributed by atoms with Gasteiger partial charge in [-0.3, -0.25) is 0 Å². The normalized spacial score (nSPS) is 22.0. The predicted octanol–water partition coefficient (Wildman–Crippen LogP) is 2.74. The summed E-state index contributed by atoms with van der Waals surface area (Å²) in [6.45, 7) is 10.1. The topological polar surface area (TPSA) is 48.2 Å². The van der Waals surface area contributed by atoms with Gasteiger partial charge in [-0.15, -0.1) is 11.7 Å². The minimum absolute atomic E-state index is 0.0584. The van der Waals surface area contributed by atoms with E-state index in [1.54, 1.807) is 6.08 Å². The lowest BCUT2D eigenvalue weighted by molar-refractivity contribution is 0.0387. The SMILES string of the molecule is C=CCN1C(=S)N=NC1C(CC)CC(C)(C)O. The van der Waals surface area contributed by atoms with Crippen molar-refractivity contribution in [2.24, 2.45) is 16.1 Å². The van der Waals surface area contributed by atoms with Crippen LogP contribution in [0, 0.1) is 5.92 Å². The first-order valence-electron chi connectivity index (χ1n) is 5.93. The van der Waals surface area contributed by atoms with Gasteiger partial charge in [-0.25, -0.2) is 0 Å². The van der Waals surface area contributed by atoms with Crippen LogP contribution in [0.5, 0.6) is 0 Å². The number of nitrogens with zero attached hydrogens (tertiary/aromatic N) is 3. The number of hydrogen-bond acceptors (Lipinski definition) is 3. The van der Waals surface area contributed by atoms with E-state index in [4.69, 9.17) is 12.2 Å². The molecule has 0 saturated carbocycles. The molecule has 0 aromatic rings. The van der Waals surface area contributed by atoms with Crippen molar-refractivity contribution in [1.29, 1.82) is 0 Å². The van der Waals surface area contributed by atoms with E-state index in [1.807, 2.05) is 18.7 Å². The maximum Gasteiger partial charge on any atom is 0.218 e. The summed E-state index contributed by atoms with van der Waals surface area (Å²) >= 11 is 5.15. The number of aliphatic hydroxyl groups is 1. The Labute approximate surface area is 108 Å². The van der Waals surface area contributed by atoms with Gasteiger partial charge in [0.1, 0.15) is 6.17 Å². The van der Waals surface area contributed by atoms with Gasteiger partial charge in [0, 0.05) is 12.5 Å². The molecule has 0 bridgehead atoms. The molecule has 5 heteroatoms. The first kappa shape index (κ1) is 14.3. The molecule has 0 fully saturated rings. The van der Waals surface area contributed by atoms with E-state index < -0.39 is 5.60 Å². The van der Waals surface area contributed by atoms with E-state index in [0.717, 1.165) is 6.42 Å². The average Bonchev–Trinajstić information content (AvgIpc) is 2.57. The van der Waals surface area contributed by atoms with Crippen LogP contribution in [0.25, 0.3) is 0 Å². The van der Waals surface area contributed by atoms with Gasteiger partial charge in [-0.05, 0) is 38.9 Å². The largest absolute Gasteiger partial charge is 0.390 e. The van der Waals surface area contributed by atoms with Crippen LogP contribution in [0.4, 0.5) is 0 Å². The van der Waals surface area contributed by atoms with Gasteiger partial charge in [-0.1, -0.05) is 13.0 Å². The standard InChI is InChI=1S/C12H21N3OS/c1-5-7-15-10(13-14-11(15)17)9(6-2)8-12(3,4)16/h5,9-10,16H,1,6-8H2,2-4H3. The highest BCUT2D eigenvalue weighted by molar-refractivity contribution is 7.80. The Balaban J connectivity index is 2.77. The summed E-state index contributed by atoms with van der Waals surface area (Å²) < 4.78 is 0. The summed E-state index contributed by atoms with van der Waals surface area (Å²) in [6, 6.07) is 0. The number of azo groups is 1. The fraction of sp³-hybridized carbons (Fsp3) is 0.750. The summed E-state index contributed by atoms with van der Waals surface area (Å²) in [7, 11) is 0. The molecule has 0 aromatic carbocycles. The van der Waals surface area contributed by atoms with Gasteiger partial charge in [-0.2, -0.15) is 5.11 Å². The van der Waals surface area contributed by atoms with Crippen LogP contribution in [0.15, 0.2) is 22.9 Å². The molecule has 0 radical (unpaired) electrons. The molecule has 17 heavy (non-hydrogen) atoms. The summed E-state index contributed by atoms with van der Waals surface area (Å²) in [5, 5.41) is 18.6. The number of rotatable bonds is 6. The third kappa shape index (κ3) is 3.85. The van der Waals surface area contributed by atoms with E-state index in [0.29, 0.717) is 18.1 Å². The molecule has 0 amide bonds. The van der Waals surface area contributed by atoms with E-state index >= 15 is 0 Å². The Morgan fingerprint density at radius 3 is 2.76 bits per heavy atom. The molecule has 1 aliphatic heterocycles. The molecular weight excluding hydrogens is 234 g/mol. The molecule has 0 spiro atoms. The fourth-order valence-electron chi connectivity index (χ4n) is 2.12. The van der Waals surface area contributed by atoms with Gasteiger partial charge >= 0.3 is 0 Å². The first-order chi connectivity index (χ1) is 7.89. The van der Waals surface area contributed by atoms with E-state index in [1.165, 1.54) is 0 Å². The van der Waals surface area contributed by atoms with Crippen molar-refractivity contribution in [1.82, 2.24) is 4.90 Å². The fourth-order valence-corrected chi connectivity index (χ4v) is 2.35. The molecule has 2 atom stereocenters. The lowest BCUT2D eigenvalue weighted by Gasteiger charge is -2.31. The molecule has 0 saturated heterocycles. The van der Waals surface area contributed by atoms with Crippen molar-refractivity contribution in [3.8, 4) is 0 Å². The zero-order valence-electron chi connectivity index (χ0n) is 10.8. The maximum atomic E-state index is 9.92. The van der Waals surface area contributed by atoms with Crippen LogP contribution >= 0.6 is 12.2 Å². The molecule has 2 unspecified atom stereocenters. The Morgan fingerprint density at radius 1 is 1.65 bits per heavy atom. The Morgan fingerprint density at radius 2 is 2.29 bits per heavy atom. The third-order valence-corrected chi connectivity index (χ3v) is 3.18. The lowest BCUT2D eigenvalue weighted by Crippen LogP contribution is -2.40. The summed E-state index contributed by atoms with van der Waals surface area (Å²) in [5.74, 6) is 0.249. The van der Waals surface area contributed by atoms with Crippen LogP contribution in [0.3, 0.4) is 0 Å². The molecule has 1 aliphatic rings. The van der Waals surface area contributed by atoms with Crippen molar-refractivity contribution in [3.05, 3.63) is 12.7 Å². The van der Waals surface area contributed by atoms with Crippen molar-refractivity contribution in [2.45, 2.75) is 45.4 Å². The number of thiocarbonyl (C=S) groups is 1. The Hall–Kier alpha value is -0.810. The molecular formula is C12H21N3OS. The zero-order chi connectivity index (χ0) is 13.1. The average molecular weight is 255 g/mol. The van der Waals surface area contributed by atoms with E-state index in [9.17, 15) is 5.11 Å². The van der Waals surface area contributed by atoms with E-state index in [-0.39, 0.29) is 12.1 Å². The molecule has 1 rings (SSSR count). The second-order valence-electron chi connectivity index (χ2n) is 5.04. The quantitative estimate of drug-likeness (QED) is 0.586. The van der Waals surface area contributed by atoms with Crippen LogP contribution in [-0.4, -0.2) is 33.4 Å². The summed E-state index contributed by atoms with van der Waals surface area (Å²) in [6.07, 6.45) is 3.36. The zero-order valence-corrected chi connectivity index (χ0v) is 11.6. The minimum Gasteiger partial charge on any atom is -0.390 e. The van der Waals surface area contributed by atoms with Gasteiger partial charge < -0.3 is 10.0 Å². The highest BCUT2D eigenvalue weighted by atomic mass is 32.1. The van der Waals surface area contributed by atoms with Crippen LogP contribution in [0.2, 0.25) is 0 Å². The van der Waals surface area contributed by atoms with Gasteiger partial charge in [0.15, 0.2) is 0 Å². The van der Waals surface area contributed by atoms with Crippen LogP contribution in [-0.2, 0) is 0 Å². The molecule has 4 nitrogen and oxygen atoms in total. The molecule has 0 aliphatic carbocycles. The summed E-state index contributed by atoms with van der Waals surface area (Å²) in [5.41, 5.74) is -0.694. The Kier molecular flexibility index (Phi) is 4.77.